The maximum atomic E-state index is 8.33. The van der Waals surface area contributed by atoms with Crippen LogP contribution in [0.1, 0.15) is 0 Å². The first-order valence-corrected chi connectivity index (χ1v) is 1.02. The predicted octanol–water partition coefficient (Wildman–Crippen LogP) is -10.1. The smallest absolute Gasteiger partial charge is 0.652 e. The van der Waals surface area contributed by atoms with Crippen molar-refractivity contribution >= 4 is 6.16 Å². The fraction of sp³-hybridized carbons (Fsp3) is 0. The fourth-order valence-electron chi connectivity index (χ4n) is 0. The van der Waals surface area contributed by atoms with Gasteiger partial charge in [-0.25, -0.2) is 0 Å². The van der Waals surface area contributed by atoms with Crippen molar-refractivity contribution < 1.29 is 79.5 Å². The standard InChI is InChI=1S/CH2O3.HNO2.2Na/c2-1(3)4;2-1-3;;/h(H2,2,3,4);1H;;/q;;2*+1/p-2. The summed E-state index contributed by atoms with van der Waals surface area (Å²) in [5.41, 5.74) is 0. The minimum Gasteiger partial charge on any atom is -0.652 e. The number of hydrogen-bond acceptors (Lipinski definition) is 5. The van der Waals surface area contributed by atoms with Crippen LogP contribution in [-0.2, 0) is 0 Å². The largest absolute Gasteiger partial charge is 1.00 e. The molecule has 0 fully saturated rings. The van der Waals surface area contributed by atoms with Gasteiger partial charge in [0.25, 0.3) is 0 Å². The minimum absolute atomic E-state index is 0. The Morgan fingerprint density at radius 3 is 1.22 bits per heavy atom. The van der Waals surface area contributed by atoms with Crippen LogP contribution in [-0.4, -0.2) is 6.16 Å². The van der Waals surface area contributed by atoms with E-state index >= 15 is 0 Å². The molecule has 0 aliphatic heterocycles. The van der Waals surface area contributed by atoms with E-state index < -0.39 is 6.16 Å². The maximum Gasteiger partial charge on any atom is 1.00 e. The van der Waals surface area contributed by atoms with Gasteiger partial charge in [-0.15, -0.1) is 0 Å². The zero-order valence-corrected chi connectivity index (χ0v) is 9.04. The number of rotatable bonds is 0. The van der Waals surface area contributed by atoms with Gasteiger partial charge in [0.15, 0.2) is 0 Å². The first kappa shape index (κ1) is 22.6. The van der Waals surface area contributed by atoms with E-state index in [9.17, 15) is 0 Å². The molecule has 0 amide bonds. The molecule has 0 bridgehead atoms. The van der Waals surface area contributed by atoms with Gasteiger partial charge >= 0.3 is 59.1 Å². The summed E-state index contributed by atoms with van der Waals surface area (Å²) in [7, 11) is 0. The van der Waals surface area contributed by atoms with E-state index in [-0.39, 0.29) is 64.5 Å². The van der Waals surface area contributed by atoms with E-state index in [2.05, 4.69) is 0 Å². The molecule has 9 heavy (non-hydrogen) atoms. The molecule has 0 heterocycles. The van der Waals surface area contributed by atoms with Gasteiger partial charge in [-0.1, -0.05) is 0 Å². The molecule has 0 aliphatic rings. The Morgan fingerprint density at radius 1 is 1.22 bits per heavy atom. The van der Waals surface area contributed by atoms with Crippen molar-refractivity contribution in [3.05, 3.63) is 10.1 Å². The van der Waals surface area contributed by atoms with Crippen LogP contribution in [0.2, 0.25) is 0 Å². The van der Waals surface area contributed by atoms with Crippen LogP contribution in [0.25, 0.3) is 0 Å². The molecule has 8 heteroatoms. The number of hydrogen-bond donors (Lipinski definition) is 1. The molecule has 0 unspecified atom stereocenters. The number of carboxylic acid groups (broad SMARTS) is 2. The quantitative estimate of drug-likeness (QED) is 0.210. The van der Waals surface area contributed by atoms with Crippen molar-refractivity contribution in [2.75, 3.05) is 0 Å². The van der Waals surface area contributed by atoms with Gasteiger partial charge in [0.05, 0.1) is 0 Å². The second kappa shape index (κ2) is 23.4. The van der Waals surface area contributed by atoms with Gasteiger partial charge < -0.3 is 15.0 Å². The average Bonchev–Trinajstić information content (AvgIpc) is 1.33. The molecule has 0 aromatic heterocycles. The molecule has 0 atom stereocenters. The predicted molar refractivity (Wildman–Crippen MR) is 13.1 cm³/mol. The molecule has 0 radical (unpaired) electrons. The molecule has 0 saturated carbocycles. The third-order valence-electron chi connectivity index (χ3n) is 0. The van der Waals surface area contributed by atoms with E-state index in [0.29, 0.717) is 0 Å². The number of carbonyl (C=O) groups excluding carboxylic acids is 1. The van der Waals surface area contributed by atoms with E-state index in [0.717, 1.165) is 0 Å². The van der Waals surface area contributed by atoms with Crippen LogP contribution < -0.4 is 74.7 Å². The Kier molecular flexibility index (Phi) is 58.8. The summed E-state index contributed by atoms with van der Waals surface area (Å²) in [4.78, 5) is 16.5. The molecule has 42 valence electrons. The normalized spacial score (nSPS) is 4.00. The Morgan fingerprint density at radius 2 is 1.22 bits per heavy atom. The van der Waals surface area contributed by atoms with E-state index in [1.165, 1.54) is 0 Å². The molecule has 0 aliphatic carbocycles. The fourth-order valence-corrected chi connectivity index (χ4v) is 0. The van der Waals surface area contributed by atoms with Gasteiger partial charge in [-0.05, 0) is 6.16 Å². The third kappa shape index (κ3) is 859. The van der Waals surface area contributed by atoms with Crippen molar-refractivity contribution in [3.8, 4) is 0 Å². The van der Waals surface area contributed by atoms with Crippen molar-refractivity contribution in [3.63, 3.8) is 0 Å². The van der Waals surface area contributed by atoms with Crippen LogP contribution in [0.3, 0.4) is 0 Å². The maximum absolute atomic E-state index is 8.33. The summed E-state index contributed by atoms with van der Waals surface area (Å²) in [6.07, 6.45) is -2.33. The van der Waals surface area contributed by atoms with Crippen molar-refractivity contribution in [1.29, 1.82) is 0 Å². The topological polar surface area (TPSA) is 117 Å². The molecule has 0 spiro atoms. The number of nitrogens with one attached hydrogen (secondary N) is 1. The molecular formula is CHNNa2O5. The van der Waals surface area contributed by atoms with Crippen LogP contribution in [0.4, 0.5) is 4.79 Å². The minimum atomic E-state index is -2.33. The molecule has 0 saturated heterocycles. The molecule has 0 aromatic carbocycles. The zero-order chi connectivity index (χ0) is 6.28. The van der Waals surface area contributed by atoms with Crippen LogP contribution in [0.5, 0.6) is 0 Å². The molecule has 1 N–H and O–H groups in total. The second-order valence-corrected chi connectivity index (χ2v) is 0.333. The number of carbonyl (C=O) groups is 1. The monoisotopic (exact) mass is 153 g/mol. The van der Waals surface area contributed by atoms with Crippen LogP contribution in [0, 0.1) is 10.1 Å². The van der Waals surface area contributed by atoms with Gasteiger partial charge in [0.2, 0.25) is 0 Å². The van der Waals surface area contributed by atoms with Gasteiger partial charge in [0, 0.05) is 5.34 Å². The zero-order valence-electron chi connectivity index (χ0n) is 5.04. The van der Waals surface area contributed by atoms with E-state index in [4.69, 9.17) is 25.1 Å². The average molecular weight is 153 g/mol. The Labute approximate surface area is 94.8 Å². The Balaban J connectivity index is -0.0000000233. The molecular weight excluding hydrogens is 152 g/mol. The molecule has 6 nitrogen and oxygen atoms in total. The summed E-state index contributed by atoms with van der Waals surface area (Å²) in [6, 6.07) is 0. The molecule has 0 rings (SSSR count). The van der Waals surface area contributed by atoms with Crippen LogP contribution in [0.15, 0.2) is 0 Å². The summed E-state index contributed by atoms with van der Waals surface area (Å²) in [5, 5.41) is 25.0. The third-order valence-corrected chi connectivity index (χ3v) is 0. The van der Waals surface area contributed by atoms with E-state index in [1.807, 2.05) is 0 Å². The van der Waals surface area contributed by atoms with Crippen molar-refractivity contribution in [2.24, 2.45) is 0 Å². The van der Waals surface area contributed by atoms with Crippen molar-refractivity contribution in [2.45, 2.75) is 0 Å². The van der Waals surface area contributed by atoms with Gasteiger partial charge in [-0.2, -0.15) is 0 Å². The first-order valence-electron chi connectivity index (χ1n) is 1.02. The Bertz CT molecular complexity index is 62.0. The summed E-state index contributed by atoms with van der Waals surface area (Å²) >= 11 is 0. The van der Waals surface area contributed by atoms with Crippen molar-refractivity contribution in [1.82, 2.24) is 0 Å². The second-order valence-electron chi connectivity index (χ2n) is 0.333. The first-order chi connectivity index (χ1) is 3.15. The van der Waals surface area contributed by atoms with Gasteiger partial charge in [0.1, 0.15) is 0 Å². The summed E-state index contributed by atoms with van der Waals surface area (Å²) in [5.74, 6) is 0. The van der Waals surface area contributed by atoms with Gasteiger partial charge in [-0.3, -0.25) is 10.1 Å². The van der Waals surface area contributed by atoms with Crippen LogP contribution >= 0.6 is 0 Å². The molecule has 0 aromatic rings. The SMILES string of the molecule is O=C([O-])[O-].O=[NH+][O-].[Na+].[Na+]. The Hall–Kier alpha value is 0.670. The summed E-state index contributed by atoms with van der Waals surface area (Å²) < 4.78 is 0. The van der Waals surface area contributed by atoms with E-state index in [1.54, 1.807) is 0 Å². The summed E-state index contributed by atoms with van der Waals surface area (Å²) in [6.45, 7) is 0.